The summed E-state index contributed by atoms with van der Waals surface area (Å²) in [6, 6.07) is 7.12. The van der Waals surface area contributed by atoms with Gasteiger partial charge in [0.05, 0.1) is 17.1 Å². The molecule has 1 saturated carbocycles. The van der Waals surface area contributed by atoms with Gasteiger partial charge in [-0.2, -0.15) is 0 Å². The number of hydrogen-bond donors (Lipinski definition) is 3. The molecule has 1 spiro atoms. The van der Waals surface area contributed by atoms with E-state index >= 15 is 0 Å². The molecule has 0 unspecified atom stereocenters. The molecule has 1 aliphatic heterocycles. The van der Waals surface area contributed by atoms with E-state index in [0.717, 1.165) is 42.5 Å². The quantitative estimate of drug-likeness (QED) is 0.591. The first-order valence-electron chi connectivity index (χ1n) is 11.3. The van der Waals surface area contributed by atoms with Crippen molar-refractivity contribution in [3.05, 3.63) is 30.1 Å². The van der Waals surface area contributed by atoms with Gasteiger partial charge in [-0.3, -0.25) is 14.5 Å². The molecule has 8 heteroatoms. The first-order valence-corrected chi connectivity index (χ1v) is 11.3. The number of imide groups is 1. The Morgan fingerprint density at radius 3 is 2.68 bits per heavy atom. The van der Waals surface area contributed by atoms with Crippen molar-refractivity contribution in [1.29, 1.82) is 0 Å². The Kier molecular flexibility index (Phi) is 5.98. The summed E-state index contributed by atoms with van der Waals surface area (Å²) in [5, 5.41) is 5.96. The summed E-state index contributed by atoms with van der Waals surface area (Å²) in [5.74, 6) is 0.517. The second kappa shape index (κ2) is 8.69. The van der Waals surface area contributed by atoms with Crippen LogP contribution in [0.4, 0.5) is 4.79 Å². The highest BCUT2D eigenvalue weighted by Gasteiger charge is 2.51. The normalized spacial score (nSPS) is 20.1. The third kappa shape index (κ3) is 4.16. The minimum Gasteiger partial charge on any atom is -0.346 e. The van der Waals surface area contributed by atoms with Crippen molar-refractivity contribution in [3.8, 4) is 0 Å². The van der Waals surface area contributed by atoms with Gasteiger partial charge in [0.1, 0.15) is 11.4 Å². The molecular formula is C23H31N5O3. The third-order valence-corrected chi connectivity index (χ3v) is 6.75. The molecule has 2 fully saturated rings. The lowest BCUT2D eigenvalue weighted by molar-refractivity contribution is -0.132. The average molecular weight is 426 g/mol. The molecule has 3 N–H and O–H groups in total. The summed E-state index contributed by atoms with van der Waals surface area (Å²) in [4.78, 5) is 47.3. The van der Waals surface area contributed by atoms with Crippen LogP contribution in [-0.2, 0) is 9.59 Å². The zero-order valence-corrected chi connectivity index (χ0v) is 18.2. The van der Waals surface area contributed by atoms with Gasteiger partial charge in [0.25, 0.3) is 5.91 Å². The Morgan fingerprint density at radius 1 is 1.23 bits per heavy atom. The van der Waals surface area contributed by atoms with E-state index in [1.165, 1.54) is 4.90 Å². The molecule has 2 heterocycles. The Balaban J connectivity index is 1.41. The number of para-hydroxylation sites is 2. The monoisotopic (exact) mass is 425 g/mol. The first kappa shape index (κ1) is 21.3. The van der Waals surface area contributed by atoms with E-state index in [0.29, 0.717) is 12.8 Å². The number of imidazole rings is 1. The van der Waals surface area contributed by atoms with Crippen molar-refractivity contribution < 1.29 is 14.4 Å². The number of rotatable bonds is 7. The fourth-order valence-corrected chi connectivity index (χ4v) is 4.67. The maximum absolute atomic E-state index is 12.9. The highest BCUT2D eigenvalue weighted by molar-refractivity contribution is 6.07. The molecule has 166 valence electrons. The summed E-state index contributed by atoms with van der Waals surface area (Å²) in [7, 11) is 0. The number of aromatic amines is 1. The highest BCUT2D eigenvalue weighted by Crippen LogP contribution is 2.33. The van der Waals surface area contributed by atoms with Crippen LogP contribution in [0, 0.1) is 5.92 Å². The highest BCUT2D eigenvalue weighted by atomic mass is 16.2. The van der Waals surface area contributed by atoms with Crippen LogP contribution in [0.15, 0.2) is 24.3 Å². The fraction of sp³-hybridized carbons (Fsp3) is 0.565. The predicted octanol–water partition coefficient (Wildman–Crippen LogP) is 3.41. The number of benzene rings is 1. The minimum atomic E-state index is -0.751. The third-order valence-electron chi connectivity index (χ3n) is 6.75. The molecular weight excluding hydrogens is 394 g/mol. The minimum absolute atomic E-state index is 0.0718. The van der Waals surface area contributed by atoms with Gasteiger partial charge in [-0.1, -0.05) is 51.7 Å². The van der Waals surface area contributed by atoms with E-state index in [-0.39, 0.29) is 42.8 Å². The van der Waals surface area contributed by atoms with Gasteiger partial charge >= 0.3 is 6.03 Å². The average Bonchev–Trinajstić information content (AvgIpc) is 3.30. The number of nitrogens with one attached hydrogen (secondary N) is 3. The summed E-state index contributed by atoms with van der Waals surface area (Å²) in [6.45, 7) is 4.23. The molecule has 2 aromatic rings. The molecule has 2 aliphatic rings. The summed E-state index contributed by atoms with van der Waals surface area (Å²) in [6.07, 6.45) is 5.28. The van der Waals surface area contributed by atoms with Crippen molar-refractivity contribution in [3.63, 3.8) is 0 Å². The second-order valence-corrected chi connectivity index (χ2v) is 8.85. The number of carbonyl (C=O) groups is 3. The topological polar surface area (TPSA) is 107 Å². The second-order valence-electron chi connectivity index (χ2n) is 8.85. The van der Waals surface area contributed by atoms with Crippen LogP contribution in [0.3, 0.4) is 0 Å². The van der Waals surface area contributed by atoms with E-state index < -0.39 is 5.54 Å². The lowest BCUT2D eigenvalue weighted by Crippen LogP contribution is -2.48. The molecule has 1 aromatic carbocycles. The summed E-state index contributed by atoms with van der Waals surface area (Å²) >= 11 is 0. The molecule has 8 nitrogen and oxygen atoms in total. The van der Waals surface area contributed by atoms with Crippen molar-refractivity contribution in [2.45, 2.75) is 70.4 Å². The number of H-pyrrole nitrogens is 1. The van der Waals surface area contributed by atoms with Crippen LogP contribution in [0.25, 0.3) is 11.0 Å². The van der Waals surface area contributed by atoms with Gasteiger partial charge in [-0.05, 0) is 30.9 Å². The Morgan fingerprint density at radius 2 is 1.97 bits per heavy atom. The SMILES string of the molecule is CC[C@H](C)[C@@H](NC(=O)CCN1C(=O)NC2(CCCCC2)C1=O)c1nc2ccccc2[nH]1. The molecule has 0 bridgehead atoms. The number of carbonyl (C=O) groups excluding carboxylic acids is 3. The van der Waals surface area contributed by atoms with Crippen LogP contribution >= 0.6 is 0 Å². The zero-order valence-electron chi connectivity index (χ0n) is 18.2. The van der Waals surface area contributed by atoms with Gasteiger partial charge in [-0.25, -0.2) is 9.78 Å². The molecule has 1 aliphatic carbocycles. The summed E-state index contributed by atoms with van der Waals surface area (Å²) < 4.78 is 0. The number of hydrogen-bond acceptors (Lipinski definition) is 4. The van der Waals surface area contributed by atoms with Crippen LogP contribution < -0.4 is 10.6 Å². The largest absolute Gasteiger partial charge is 0.346 e. The Hall–Kier alpha value is -2.90. The van der Waals surface area contributed by atoms with Crippen molar-refractivity contribution in [2.75, 3.05) is 6.54 Å². The van der Waals surface area contributed by atoms with E-state index in [1.807, 2.05) is 24.3 Å². The maximum atomic E-state index is 12.9. The number of amides is 4. The molecule has 1 aromatic heterocycles. The number of fused-ring (bicyclic) bond motifs is 1. The first-order chi connectivity index (χ1) is 14.9. The smallest absolute Gasteiger partial charge is 0.325 e. The van der Waals surface area contributed by atoms with E-state index in [2.05, 4.69) is 34.4 Å². The van der Waals surface area contributed by atoms with E-state index in [9.17, 15) is 14.4 Å². The Bertz CT molecular complexity index is 946. The number of nitrogens with zero attached hydrogens (tertiary/aromatic N) is 2. The standard InChI is InChI=1S/C23H31N5O3/c1-3-15(2)19(20-24-16-9-5-6-10-17(16)25-20)26-18(29)11-14-28-21(30)23(27-22(28)31)12-7-4-8-13-23/h5-6,9-10,15,19H,3-4,7-8,11-14H2,1-2H3,(H,24,25)(H,26,29)(H,27,31)/t15-,19+/m0/s1. The number of aromatic nitrogens is 2. The maximum Gasteiger partial charge on any atom is 0.325 e. The van der Waals surface area contributed by atoms with E-state index in [1.54, 1.807) is 0 Å². The van der Waals surface area contributed by atoms with Gasteiger partial charge in [0.2, 0.25) is 5.91 Å². The van der Waals surface area contributed by atoms with E-state index in [4.69, 9.17) is 0 Å². The Labute approximate surface area is 182 Å². The molecule has 4 rings (SSSR count). The predicted molar refractivity (Wildman–Crippen MR) is 117 cm³/mol. The van der Waals surface area contributed by atoms with Gasteiger partial charge in [-0.15, -0.1) is 0 Å². The van der Waals surface area contributed by atoms with Gasteiger partial charge < -0.3 is 15.6 Å². The lowest BCUT2D eigenvalue weighted by atomic mass is 9.82. The van der Waals surface area contributed by atoms with Crippen molar-refractivity contribution in [1.82, 2.24) is 25.5 Å². The molecule has 4 amide bonds. The van der Waals surface area contributed by atoms with Crippen molar-refractivity contribution in [2.24, 2.45) is 5.92 Å². The molecule has 31 heavy (non-hydrogen) atoms. The van der Waals surface area contributed by atoms with Crippen LogP contribution in [-0.4, -0.2) is 44.8 Å². The van der Waals surface area contributed by atoms with Crippen LogP contribution in [0.5, 0.6) is 0 Å². The lowest BCUT2D eigenvalue weighted by Gasteiger charge is -2.30. The van der Waals surface area contributed by atoms with Crippen molar-refractivity contribution >= 4 is 28.9 Å². The van der Waals surface area contributed by atoms with Crippen LogP contribution in [0.2, 0.25) is 0 Å². The van der Waals surface area contributed by atoms with Gasteiger partial charge in [0, 0.05) is 13.0 Å². The van der Waals surface area contributed by atoms with Crippen LogP contribution in [0.1, 0.15) is 70.7 Å². The number of urea groups is 1. The van der Waals surface area contributed by atoms with Gasteiger partial charge in [0.15, 0.2) is 0 Å². The summed E-state index contributed by atoms with van der Waals surface area (Å²) in [5.41, 5.74) is 1.04. The molecule has 2 atom stereocenters. The molecule has 1 saturated heterocycles. The fourth-order valence-electron chi connectivity index (χ4n) is 4.67. The zero-order chi connectivity index (χ0) is 22.0. The molecule has 0 radical (unpaired) electrons.